The van der Waals surface area contributed by atoms with Crippen LogP contribution in [0.5, 0.6) is 0 Å². The van der Waals surface area contributed by atoms with Gasteiger partial charge in [-0.2, -0.15) is 4.98 Å². The molecule has 144 valence electrons. The van der Waals surface area contributed by atoms with Crippen LogP contribution >= 0.6 is 0 Å². The van der Waals surface area contributed by atoms with Crippen molar-refractivity contribution in [2.24, 2.45) is 0 Å². The van der Waals surface area contributed by atoms with E-state index in [0.717, 1.165) is 37.4 Å². The second kappa shape index (κ2) is 8.35. The number of hydrogen-bond donors (Lipinski definition) is 2. The van der Waals surface area contributed by atoms with Gasteiger partial charge in [0.1, 0.15) is 5.82 Å². The lowest BCUT2D eigenvalue weighted by molar-refractivity contribution is 0.389. The molecule has 0 saturated carbocycles. The van der Waals surface area contributed by atoms with Crippen molar-refractivity contribution >= 4 is 11.8 Å². The molecule has 3 aromatic rings. The third-order valence-electron chi connectivity index (χ3n) is 5.25. The number of piperidine rings is 1. The zero-order chi connectivity index (χ0) is 19.3. The first-order chi connectivity index (χ1) is 13.7. The van der Waals surface area contributed by atoms with Gasteiger partial charge in [0.25, 0.3) is 0 Å². The molecule has 0 spiro atoms. The molecule has 1 aromatic carbocycles. The molecule has 0 radical (unpaired) electrons. The molecule has 4 rings (SSSR count). The Bertz CT molecular complexity index is 832. The van der Waals surface area contributed by atoms with Crippen LogP contribution in [-0.4, -0.2) is 34.1 Å². The van der Waals surface area contributed by atoms with Crippen LogP contribution in [0.2, 0.25) is 0 Å². The minimum Gasteiger partial charge on any atom is -0.368 e. The molecule has 3 heterocycles. The van der Waals surface area contributed by atoms with Gasteiger partial charge in [-0.15, -0.1) is 0 Å². The van der Waals surface area contributed by atoms with Crippen molar-refractivity contribution in [1.82, 2.24) is 20.3 Å². The molecule has 0 unspecified atom stereocenters. The van der Waals surface area contributed by atoms with Crippen LogP contribution in [0.4, 0.5) is 11.8 Å². The molecule has 3 N–H and O–H groups in total. The fraction of sp³-hybridized carbons (Fsp3) is 0.318. The first-order valence-corrected chi connectivity index (χ1v) is 9.76. The highest BCUT2D eigenvalue weighted by molar-refractivity contribution is 5.43. The summed E-state index contributed by atoms with van der Waals surface area (Å²) in [6, 6.07) is 17.4. The topological polar surface area (TPSA) is 80.0 Å². The van der Waals surface area contributed by atoms with Gasteiger partial charge in [0.15, 0.2) is 0 Å². The largest absolute Gasteiger partial charge is 0.368 e. The molecular formula is C22H26N6. The quantitative estimate of drug-likeness (QED) is 0.714. The van der Waals surface area contributed by atoms with Gasteiger partial charge in [0.2, 0.25) is 5.95 Å². The first-order valence-electron chi connectivity index (χ1n) is 9.76. The molecule has 1 aliphatic rings. The Labute approximate surface area is 165 Å². The van der Waals surface area contributed by atoms with Crippen molar-refractivity contribution in [3.8, 4) is 0 Å². The zero-order valence-corrected chi connectivity index (χ0v) is 16.1. The van der Waals surface area contributed by atoms with E-state index in [9.17, 15) is 0 Å². The highest BCUT2D eigenvalue weighted by atomic mass is 15.2. The van der Waals surface area contributed by atoms with Gasteiger partial charge in [0.05, 0.1) is 6.04 Å². The lowest BCUT2D eigenvalue weighted by Gasteiger charge is -2.35. The average Bonchev–Trinajstić information content (AvgIpc) is 2.73. The molecule has 1 fully saturated rings. The normalized spacial score (nSPS) is 16.1. The van der Waals surface area contributed by atoms with Crippen molar-refractivity contribution in [1.29, 1.82) is 0 Å². The summed E-state index contributed by atoms with van der Waals surface area (Å²) in [5.41, 5.74) is 9.24. The van der Waals surface area contributed by atoms with Crippen molar-refractivity contribution in [2.45, 2.75) is 31.8 Å². The Morgan fingerprint density at radius 2 is 1.68 bits per heavy atom. The van der Waals surface area contributed by atoms with E-state index in [1.807, 2.05) is 25.4 Å². The van der Waals surface area contributed by atoms with Crippen LogP contribution in [0.25, 0.3) is 0 Å². The highest BCUT2D eigenvalue weighted by Gasteiger charge is 2.24. The van der Waals surface area contributed by atoms with Gasteiger partial charge >= 0.3 is 0 Å². The molecule has 6 heteroatoms. The van der Waals surface area contributed by atoms with E-state index in [1.165, 1.54) is 11.1 Å². The predicted octanol–water partition coefficient (Wildman–Crippen LogP) is 3.11. The summed E-state index contributed by atoms with van der Waals surface area (Å²) in [5.74, 6) is 1.27. The average molecular weight is 374 g/mol. The maximum Gasteiger partial charge on any atom is 0.222 e. The van der Waals surface area contributed by atoms with Gasteiger partial charge in [-0.3, -0.25) is 4.98 Å². The van der Waals surface area contributed by atoms with Crippen molar-refractivity contribution in [3.05, 3.63) is 77.7 Å². The molecule has 1 saturated heterocycles. The maximum absolute atomic E-state index is 5.82. The van der Waals surface area contributed by atoms with Gasteiger partial charge < -0.3 is 16.0 Å². The van der Waals surface area contributed by atoms with Gasteiger partial charge in [0, 0.05) is 43.3 Å². The van der Waals surface area contributed by atoms with Crippen LogP contribution in [-0.2, 0) is 0 Å². The molecule has 0 amide bonds. The van der Waals surface area contributed by atoms with E-state index in [0.29, 0.717) is 12.0 Å². The third-order valence-corrected chi connectivity index (χ3v) is 5.25. The number of anilines is 2. The molecule has 28 heavy (non-hydrogen) atoms. The van der Waals surface area contributed by atoms with Gasteiger partial charge in [-0.1, -0.05) is 30.3 Å². The molecule has 6 nitrogen and oxygen atoms in total. The van der Waals surface area contributed by atoms with Crippen LogP contribution in [0.15, 0.2) is 60.9 Å². The monoisotopic (exact) mass is 374 g/mol. The number of pyridine rings is 1. The standard InChI is InChI=1S/C22H26N6/c1-16-15-20(27-22(23)25-16)28-13-9-19(10-14-28)26-21(17-5-3-2-4-6-17)18-7-11-24-12-8-18/h2-8,11-12,15,19,21,26H,9-10,13-14H2,1H3,(H2,23,25,27)/t21-/m1/s1. The van der Waals surface area contributed by atoms with E-state index >= 15 is 0 Å². The molecule has 0 aliphatic carbocycles. The number of aromatic nitrogens is 3. The Hall–Kier alpha value is -2.99. The Kier molecular flexibility index (Phi) is 5.48. The molecule has 1 aliphatic heterocycles. The molecule has 2 aromatic heterocycles. The summed E-state index contributed by atoms with van der Waals surface area (Å²) >= 11 is 0. The smallest absolute Gasteiger partial charge is 0.222 e. The van der Waals surface area contributed by atoms with Crippen LogP contribution in [0.3, 0.4) is 0 Å². The molecule has 1 atom stereocenters. The van der Waals surface area contributed by atoms with Crippen molar-refractivity contribution < 1.29 is 0 Å². The van der Waals surface area contributed by atoms with E-state index in [4.69, 9.17) is 5.73 Å². The number of rotatable bonds is 5. The summed E-state index contributed by atoms with van der Waals surface area (Å²) in [5, 5.41) is 3.87. The summed E-state index contributed by atoms with van der Waals surface area (Å²) in [4.78, 5) is 15.0. The van der Waals surface area contributed by atoms with Crippen LogP contribution < -0.4 is 16.0 Å². The fourth-order valence-electron chi connectivity index (χ4n) is 3.83. The number of nitrogens with two attached hydrogens (primary N) is 1. The number of nitrogens with one attached hydrogen (secondary N) is 1. The second-order valence-electron chi connectivity index (χ2n) is 7.28. The van der Waals surface area contributed by atoms with Crippen molar-refractivity contribution in [2.75, 3.05) is 23.7 Å². The van der Waals surface area contributed by atoms with Crippen LogP contribution in [0.1, 0.15) is 35.7 Å². The first kappa shape index (κ1) is 18.4. The zero-order valence-electron chi connectivity index (χ0n) is 16.1. The number of benzene rings is 1. The summed E-state index contributed by atoms with van der Waals surface area (Å²) < 4.78 is 0. The Morgan fingerprint density at radius 1 is 1.00 bits per heavy atom. The minimum atomic E-state index is 0.165. The molecular weight excluding hydrogens is 348 g/mol. The SMILES string of the molecule is Cc1cc(N2CCC(N[C@H](c3ccccc3)c3ccncc3)CC2)nc(N)n1. The maximum atomic E-state index is 5.82. The Morgan fingerprint density at radius 3 is 2.36 bits per heavy atom. The summed E-state index contributed by atoms with van der Waals surface area (Å²) in [6.07, 6.45) is 5.82. The summed E-state index contributed by atoms with van der Waals surface area (Å²) in [6.45, 7) is 3.85. The lowest BCUT2D eigenvalue weighted by atomic mass is 9.96. The third kappa shape index (κ3) is 4.28. The van der Waals surface area contributed by atoms with E-state index < -0.39 is 0 Å². The van der Waals surface area contributed by atoms with Crippen LogP contribution in [0, 0.1) is 6.92 Å². The number of nitrogens with zero attached hydrogens (tertiary/aromatic N) is 4. The van der Waals surface area contributed by atoms with E-state index in [2.05, 4.69) is 67.6 Å². The number of hydrogen-bond acceptors (Lipinski definition) is 6. The number of aryl methyl sites for hydroxylation is 1. The molecule has 0 bridgehead atoms. The van der Waals surface area contributed by atoms with E-state index in [-0.39, 0.29) is 6.04 Å². The second-order valence-corrected chi connectivity index (χ2v) is 7.28. The van der Waals surface area contributed by atoms with E-state index in [1.54, 1.807) is 0 Å². The number of nitrogen functional groups attached to an aromatic ring is 1. The minimum absolute atomic E-state index is 0.165. The van der Waals surface area contributed by atoms with Gasteiger partial charge in [-0.25, -0.2) is 4.98 Å². The predicted molar refractivity (Wildman–Crippen MR) is 112 cm³/mol. The Balaban J connectivity index is 1.46. The fourth-order valence-corrected chi connectivity index (χ4v) is 3.83. The van der Waals surface area contributed by atoms with Crippen molar-refractivity contribution in [3.63, 3.8) is 0 Å². The lowest BCUT2D eigenvalue weighted by Crippen LogP contribution is -2.44. The highest BCUT2D eigenvalue weighted by Crippen LogP contribution is 2.25. The summed E-state index contributed by atoms with van der Waals surface area (Å²) in [7, 11) is 0. The van der Waals surface area contributed by atoms with Gasteiger partial charge in [-0.05, 0) is 43.0 Å².